The molecule has 11 heavy (non-hydrogen) atoms. The van der Waals surface area contributed by atoms with E-state index >= 15 is 0 Å². The standard InChI is InChI=1S/C6H14N2O2S/c1-2-8(11(9)10)7-5-3-4-6-7/h2-6H2,1H3,(H,9,10)/p-1. The van der Waals surface area contributed by atoms with E-state index in [9.17, 15) is 8.76 Å². The predicted octanol–water partition coefficient (Wildman–Crippen LogP) is 0.113. The summed E-state index contributed by atoms with van der Waals surface area (Å²) in [6.07, 6.45) is 2.21. The second-order valence-electron chi connectivity index (χ2n) is 2.55. The molecule has 0 saturated carbocycles. The highest BCUT2D eigenvalue weighted by atomic mass is 32.2. The lowest BCUT2D eigenvalue weighted by atomic mass is 10.4. The fourth-order valence-corrected chi connectivity index (χ4v) is 1.89. The van der Waals surface area contributed by atoms with Crippen molar-refractivity contribution in [1.82, 2.24) is 9.42 Å². The van der Waals surface area contributed by atoms with E-state index in [1.165, 1.54) is 4.41 Å². The van der Waals surface area contributed by atoms with Gasteiger partial charge in [-0.25, -0.2) is 5.01 Å². The Labute approximate surface area is 69.6 Å². The Morgan fingerprint density at radius 2 is 2.09 bits per heavy atom. The van der Waals surface area contributed by atoms with Crippen molar-refractivity contribution in [3.63, 3.8) is 0 Å². The highest BCUT2D eigenvalue weighted by Crippen LogP contribution is 2.11. The van der Waals surface area contributed by atoms with Crippen LogP contribution in [0.2, 0.25) is 0 Å². The average molecular weight is 177 g/mol. The number of hydrogen-bond acceptors (Lipinski definition) is 3. The van der Waals surface area contributed by atoms with E-state index < -0.39 is 11.3 Å². The van der Waals surface area contributed by atoms with E-state index in [4.69, 9.17) is 0 Å². The summed E-state index contributed by atoms with van der Waals surface area (Å²) in [5.74, 6) is 0. The molecule has 1 aliphatic rings. The van der Waals surface area contributed by atoms with Gasteiger partial charge in [0.2, 0.25) is 0 Å². The van der Waals surface area contributed by atoms with Gasteiger partial charge in [-0.3, -0.25) is 4.21 Å². The Kier molecular flexibility index (Phi) is 3.45. The van der Waals surface area contributed by atoms with Gasteiger partial charge in [0.05, 0.1) is 0 Å². The smallest absolute Gasteiger partial charge is 0.0354 e. The van der Waals surface area contributed by atoms with Gasteiger partial charge in [-0.05, 0) is 19.8 Å². The molecule has 0 N–H and O–H groups in total. The van der Waals surface area contributed by atoms with Crippen LogP contribution >= 0.6 is 0 Å². The van der Waals surface area contributed by atoms with Crippen LogP contribution < -0.4 is 0 Å². The van der Waals surface area contributed by atoms with Crippen LogP contribution in [0, 0.1) is 0 Å². The Balaban J connectivity index is 2.46. The molecule has 0 radical (unpaired) electrons. The van der Waals surface area contributed by atoms with Gasteiger partial charge in [0.1, 0.15) is 0 Å². The molecule has 0 aliphatic carbocycles. The molecule has 0 aromatic rings. The van der Waals surface area contributed by atoms with Crippen molar-refractivity contribution in [2.24, 2.45) is 0 Å². The molecular weight excluding hydrogens is 164 g/mol. The van der Waals surface area contributed by atoms with E-state index in [0.29, 0.717) is 6.54 Å². The molecule has 0 aromatic heterocycles. The van der Waals surface area contributed by atoms with E-state index in [1.54, 1.807) is 0 Å². The lowest BCUT2D eigenvalue weighted by Crippen LogP contribution is -2.41. The highest BCUT2D eigenvalue weighted by molar-refractivity contribution is 7.76. The van der Waals surface area contributed by atoms with Crippen molar-refractivity contribution in [2.45, 2.75) is 19.8 Å². The summed E-state index contributed by atoms with van der Waals surface area (Å²) in [6.45, 7) is 4.13. The maximum atomic E-state index is 10.6. The minimum Gasteiger partial charge on any atom is -0.759 e. The van der Waals surface area contributed by atoms with E-state index in [0.717, 1.165) is 25.9 Å². The van der Waals surface area contributed by atoms with Crippen LogP contribution in [-0.2, 0) is 11.3 Å². The molecule has 4 nitrogen and oxygen atoms in total. The third kappa shape index (κ3) is 2.23. The zero-order valence-corrected chi connectivity index (χ0v) is 7.47. The average Bonchev–Trinajstić information content (AvgIpc) is 2.40. The molecule has 0 amide bonds. The molecule has 0 bridgehead atoms. The first kappa shape index (κ1) is 9.12. The molecule has 1 aliphatic heterocycles. The zero-order valence-electron chi connectivity index (χ0n) is 6.65. The van der Waals surface area contributed by atoms with Crippen molar-refractivity contribution in [3.8, 4) is 0 Å². The van der Waals surface area contributed by atoms with E-state index in [1.807, 2.05) is 11.9 Å². The van der Waals surface area contributed by atoms with Crippen molar-refractivity contribution in [2.75, 3.05) is 19.6 Å². The summed E-state index contributed by atoms with van der Waals surface area (Å²) in [7, 11) is 0. The van der Waals surface area contributed by atoms with E-state index in [2.05, 4.69) is 0 Å². The van der Waals surface area contributed by atoms with Crippen LogP contribution in [0.5, 0.6) is 0 Å². The summed E-state index contributed by atoms with van der Waals surface area (Å²) in [5, 5.41) is 1.88. The maximum Gasteiger partial charge on any atom is 0.0354 e. The second-order valence-corrected chi connectivity index (χ2v) is 3.40. The lowest BCUT2D eigenvalue weighted by Gasteiger charge is -2.31. The van der Waals surface area contributed by atoms with Crippen LogP contribution in [0.25, 0.3) is 0 Å². The van der Waals surface area contributed by atoms with Crippen LogP contribution in [0.4, 0.5) is 0 Å². The number of hydrogen-bond donors (Lipinski definition) is 0. The fraction of sp³-hybridized carbons (Fsp3) is 1.00. The largest absolute Gasteiger partial charge is 0.759 e. The molecule has 1 heterocycles. The molecule has 66 valence electrons. The molecule has 1 saturated heterocycles. The van der Waals surface area contributed by atoms with Gasteiger partial charge in [-0.1, -0.05) is 0 Å². The van der Waals surface area contributed by atoms with Gasteiger partial charge in [-0.15, -0.1) is 0 Å². The van der Waals surface area contributed by atoms with Gasteiger partial charge in [-0.2, -0.15) is 4.41 Å². The van der Waals surface area contributed by atoms with Crippen LogP contribution in [0.1, 0.15) is 19.8 Å². The third-order valence-electron chi connectivity index (χ3n) is 1.84. The molecule has 5 heteroatoms. The summed E-state index contributed by atoms with van der Waals surface area (Å²) in [5.41, 5.74) is 0. The van der Waals surface area contributed by atoms with Crippen molar-refractivity contribution in [3.05, 3.63) is 0 Å². The first-order valence-electron chi connectivity index (χ1n) is 3.87. The summed E-state index contributed by atoms with van der Waals surface area (Å²) in [4.78, 5) is 0. The monoisotopic (exact) mass is 177 g/mol. The Hall–Kier alpha value is 0.0300. The van der Waals surface area contributed by atoms with Crippen molar-refractivity contribution >= 4 is 11.3 Å². The molecular formula is C6H13N2O2S-. The molecule has 1 unspecified atom stereocenters. The van der Waals surface area contributed by atoms with Gasteiger partial charge in [0.15, 0.2) is 0 Å². The summed E-state index contributed by atoms with van der Waals surface area (Å²) in [6, 6.07) is 0. The molecule has 1 rings (SSSR count). The van der Waals surface area contributed by atoms with Crippen LogP contribution in [0.3, 0.4) is 0 Å². The van der Waals surface area contributed by atoms with Gasteiger partial charge < -0.3 is 4.55 Å². The van der Waals surface area contributed by atoms with Crippen LogP contribution in [0.15, 0.2) is 0 Å². The first-order chi connectivity index (χ1) is 5.25. The molecule has 1 atom stereocenters. The van der Waals surface area contributed by atoms with Gasteiger partial charge in [0, 0.05) is 30.9 Å². The number of hydrazine groups is 1. The Bertz CT molecular complexity index is 148. The van der Waals surface area contributed by atoms with Gasteiger partial charge in [0.25, 0.3) is 0 Å². The van der Waals surface area contributed by atoms with Crippen molar-refractivity contribution < 1.29 is 8.76 Å². The number of rotatable bonds is 3. The van der Waals surface area contributed by atoms with Crippen LogP contribution in [-0.4, -0.2) is 37.8 Å². The third-order valence-corrected chi connectivity index (χ3v) is 2.67. The lowest BCUT2D eigenvalue weighted by molar-refractivity contribution is 0.0921. The highest BCUT2D eigenvalue weighted by Gasteiger charge is 2.18. The Morgan fingerprint density at radius 1 is 1.55 bits per heavy atom. The predicted molar refractivity (Wildman–Crippen MR) is 42.1 cm³/mol. The van der Waals surface area contributed by atoms with Crippen molar-refractivity contribution in [1.29, 1.82) is 0 Å². The summed E-state index contributed by atoms with van der Waals surface area (Å²) >= 11 is -2.08. The normalized spacial score (nSPS) is 22.8. The summed E-state index contributed by atoms with van der Waals surface area (Å²) < 4.78 is 22.6. The number of nitrogens with zero attached hydrogens (tertiary/aromatic N) is 2. The Morgan fingerprint density at radius 3 is 2.45 bits per heavy atom. The second kappa shape index (κ2) is 4.15. The molecule has 1 fully saturated rings. The molecule has 0 aromatic carbocycles. The SMILES string of the molecule is CCN(N1CCCC1)S(=O)[O-]. The minimum atomic E-state index is -2.08. The first-order valence-corrected chi connectivity index (χ1v) is 4.90. The maximum absolute atomic E-state index is 10.6. The van der Waals surface area contributed by atoms with Gasteiger partial charge >= 0.3 is 0 Å². The topological polar surface area (TPSA) is 46.6 Å². The quantitative estimate of drug-likeness (QED) is 0.575. The molecule has 0 spiro atoms. The fourth-order valence-electron chi connectivity index (χ4n) is 1.32. The van der Waals surface area contributed by atoms with E-state index in [-0.39, 0.29) is 0 Å². The minimum absolute atomic E-state index is 0.538. The zero-order chi connectivity index (χ0) is 8.27.